The number of nitrogens with zero attached hydrogens (tertiary/aromatic N) is 5. The van der Waals surface area contributed by atoms with Gasteiger partial charge in [0.2, 0.25) is 5.91 Å². The number of aryl methyl sites for hydroxylation is 2. The van der Waals surface area contributed by atoms with Gasteiger partial charge in [-0.2, -0.15) is 5.26 Å². The Kier molecular flexibility index (Phi) is 7.94. The van der Waals surface area contributed by atoms with Crippen LogP contribution in [0.2, 0.25) is 0 Å². The molecule has 2 aromatic heterocycles. The summed E-state index contributed by atoms with van der Waals surface area (Å²) in [5, 5.41) is 12.5. The standard InChI is InChI=1S/C40H44FN5O3S/c1-21-16-27-35(34(41)32(21)26-13-8-11-23-10-7-12-24(19-42)33(23)26)43-38(50-6)28-18-30(29-14-9-15-44(29)22(2)47)46(37(27)28)36-25-17-31(36)45(20-25)39(48)49-40(3,4)5/h8,11,13,16,18,24-25,29,31,36H,7,9-10,12,14-15,17,20H2,1-6H3/t24?,25-,29-,31-,36+/m1/s1. The number of benzene rings is 2. The van der Waals surface area contributed by atoms with E-state index in [1.54, 1.807) is 6.92 Å². The normalized spacial score (nSPS) is 24.4. The number of fused-ring (bicyclic) bond motifs is 5. The van der Waals surface area contributed by atoms with E-state index in [1.165, 1.54) is 11.8 Å². The number of halogens is 1. The van der Waals surface area contributed by atoms with E-state index >= 15 is 4.39 Å². The summed E-state index contributed by atoms with van der Waals surface area (Å²) in [4.78, 5) is 35.2. The highest BCUT2D eigenvalue weighted by atomic mass is 32.2. The molecule has 3 aliphatic heterocycles. The molecule has 5 heterocycles. The van der Waals surface area contributed by atoms with Crippen molar-refractivity contribution in [1.82, 2.24) is 19.4 Å². The quantitative estimate of drug-likeness (QED) is 0.199. The van der Waals surface area contributed by atoms with Crippen molar-refractivity contribution in [2.24, 2.45) is 5.92 Å². The molecule has 5 atom stereocenters. The Morgan fingerprint density at radius 3 is 2.64 bits per heavy atom. The zero-order valence-electron chi connectivity index (χ0n) is 29.7. The third-order valence-corrected chi connectivity index (χ3v) is 12.2. The molecule has 4 fully saturated rings. The summed E-state index contributed by atoms with van der Waals surface area (Å²) in [6.07, 6.45) is 6.87. The Labute approximate surface area is 296 Å². The molecule has 0 spiro atoms. The van der Waals surface area contributed by atoms with Gasteiger partial charge in [-0.05, 0) is 107 Å². The third-order valence-electron chi connectivity index (χ3n) is 11.5. The van der Waals surface area contributed by atoms with Crippen LogP contribution in [0.4, 0.5) is 9.18 Å². The largest absolute Gasteiger partial charge is 0.444 e. The van der Waals surface area contributed by atoms with Crippen molar-refractivity contribution < 1.29 is 18.7 Å². The van der Waals surface area contributed by atoms with Crippen molar-refractivity contribution in [1.29, 1.82) is 5.26 Å². The summed E-state index contributed by atoms with van der Waals surface area (Å²) >= 11 is 1.49. The molecule has 1 unspecified atom stereocenters. The number of hydrogen-bond donors (Lipinski definition) is 0. The average molecular weight is 694 g/mol. The van der Waals surface area contributed by atoms with Gasteiger partial charge in [0, 0.05) is 48.0 Å². The number of rotatable bonds is 4. The first-order valence-corrected chi connectivity index (χ1v) is 19.1. The summed E-state index contributed by atoms with van der Waals surface area (Å²) < 4.78 is 25.6. The molecule has 2 aliphatic carbocycles. The van der Waals surface area contributed by atoms with Crippen LogP contribution in [0.15, 0.2) is 35.4 Å². The maximum absolute atomic E-state index is 17.4. The third kappa shape index (κ3) is 5.02. The van der Waals surface area contributed by atoms with Crippen LogP contribution in [0.5, 0.6) is 0 Å². The second kappa shape index (κ2) is 12.0. The number of ether oxygens (including phenoxy) is 1. The van der Waals surface area contributed by atoms with Crippen LogP contribution in [0, 0.1) is 30.0 Å². The molecular weight excluding hydrogens is 650 g/mol. The van der Waals surface area contributed by atoms with Gasteiger partial charge in [-0.1, -0.05) is 18.2 Å². The minimum Gasteiger partial charge on any atom is -0.444 e. The number of amides is 2. The summed E-state index contributed by atoms with van der Waals surface area (Å²) in [5.41, 5.74) is 5.77. The Morgan fingerprint density at radius 2 is 1.92 bits per heavy atom. The van der Waals surface area contributed by atoms with Crippen LogP contribution >= 0.6 is 11.8 Å². The summed E-state index contributed by atoms with van der Waals surface area (Å²) in [6, 6.07) is 12.5. The molecule has 0 radical (unpaired) electrons. The minimum absolute atomic E-state index is 0.0368. The van der Waals surface area contributed by atoms with Gasteiger partial charge in [0.1, 0.15) is 16.1 Å². The van der Waals surface area contributed by atoms with Gasteiger partial charge in [0.15, 0.2) is 5.82 Å². The van der Waals surface area contributed by atoms with E-state index in [-0.39, 0.29) is 47.8 Å². The lowest BCUT2D eigenvalue weighted by Crippen LogP contribution is -2.45. The Balaban J connectivity index is 1.37. The van der Waals surface area contributed by atoms with E-state index in [0.717, 1.165) is 87.8 Å². The fourth-order valence-corrected chi connectivity index (χ4v) is 10.0. The second-order valence-electron chi connectivity index (χ2n) is 15.6. The molecule has 4 aromatic rings. The summed E-state index contributed by atoms with van der Waals surface area (Å²) in [6.45, 7) is 10.5. The van der Waals surface area contributed by atoms with Crippen molar-refractivity contribution in [2.45, 2.75) is 108 Å². The SMILES string of the molecule is CSc1nc2c(F)c(-c3cccc4c3C(C#N)CCC4)c(C)cc2c2c1cc([C@H]1CCCN1C(C)=O)n2[C@H]1[C@@H]2C[C@H]1N(C(=O)OC(C)(C)C)C2. The molecule has 8 nitrogen and oxygen atoms in total. The number of thioether (sulfide) groups is 1. The van der Waals surface area contributed by atoms with E-state index in [9.17, 15) is 14.9 Å². The monoisotopic (exact) mass is 693 g/mol. The van der Waals surface area contributed by atoms with Crippen LogP contribution in [0.1, 0.15) is 100 Å². The molecule has 1 saturated carbocycles. The summed E-state index contributed by atoms with van der Waals surface area (Å²) in [5.74, 6) is -0.406. The van der Waals surface area contributed by atoms with E-state index in [1.807, 2.05) is 55.9 Å². The predicted molar refractivity (Wildman–Crippen MR) is 194 cm³/mol. The Hall–Kier alpha value is -4.10. The maximum atomic E-state index is 17.4. The fraction of sp³-hybridized carbons (Fsp3) is 0.500. The number of aromatic nitrogens is 2. The number of hydrogen-bond acceptors (Lipinski definition) is 6. The van der Waals surface area contributed by atoms with Crippen LogP contribution in [0.3, 0.4) is 0 Å². The lowest BCUT2D eigenvalue weighted by molar-refractivity contribution is -0.129. The van der Waals surface area contributed by atoms with Crippen molar-refractivity contribution in [3.05, 3.63) is 58.5 Å². The zero-order valence-corrected chi connectivity index (χ0v) is 30.5. The van der Waals surface area contributed by atoms with Crippen molar-refractivity contribution >= 4 is 45.6 Å². The highest BCUT2D eigenvalue weighted by molar-refractivity contribution is 7.98. The number of nitriles is 1. The topological polar surface area (TPSA) is 91.5 Å². The molecular formula is C40H44FN5O3S. The molecule has 2 bridgehead atoms. The molecule has 5 aliphatic rings. The van der Waals surface area contributed by atoms with Gasteiger partial charge in [-0.15, -0.1) is 11.8 Å². The lowest BCUT2D eigenvalue weighted by atomic mass is 9.78. The van der Waals surface area contributed by atoms with Gasteiger partial charge < -0.3 is 19.1 Å². The lowest BCUT2D eigenvalue weighted by Gasteiger charge is -2.40. The smallest absolute Gasteiger partial charge is 0.410 e. The highest BCUT2D eigenvalue weighted by Gasteiger charge is 2.56. The van der Waals surface area contributed by atoms with E-state index in [2.05, 4.69) is 28.8 Å². The first-order chi connectivity index (χ1) is 23.9. The molecule has 2 amide bonds. The first-order valence-electron chi connectivity index (χ1n) is 17.9. The number of carbonyl (C=O) groups excluding carboxylic acids is 2. The molecule has 3 saturated heterocycles. The van der Waals surface area contributed by atoms with E-state index in [0.29, 0.717) is 24.2 Å². The van der Waals surface area contributed by atoms with Gasteiger partial charge in [0.25, 0.3) is 0 Å². The van der Waals surface area contributed by atoms with Crippen LogP contribution < -0.4 is 0 Å². The Bertz CT molecular complexity index is 2130. The van der Waals surface area contributed by atoms with Crippen LogP contribution in [0.25, 0.3) is 32.9 Å². The van der Waals surface area contributed by atoms with Crippen molar-refractivity contribution in [3.8, 4) is 17.2 Å². The zero-order chi connectivity index (χ0) is 35.2. The van der Waals surface area contributed by atoms with Crippen LogP contribution in [-0.4, -0.2) is 62.3 Å². The first kappa shape index (κ1) is 33.1. The van der Waals surface area contributed by atoms with Gasteiger partial charge in [0.05, 0.1) is 35.6 Å². The predicted octanol–water partition coefficient (Wildman–Crippen LogP) is 8.83. The maximum Gasteiger partial charge on any atom is 0.410 e. The van der Waals surface area contributed by atoms with E-state index < -0.39 is 5.60 Å². The Morgan fingerprint density at radius 1 is 1.12 bits per heavy atom. The molecule has 10 heteroatoms. The van der Waals surface area contributed by atoms with Gasteiger partial charge in [-0.3, -0.25) is 4.79 Å². The van der Waals surface area contributed by atoms with Gasteiger partial charge in [-0.25, -0.2) is 14.2 Å². The van der Waals surface area contributed by atoms with Crippen LogP contribution in [-0.2, 0) is 16.0 Å². The van der Waals surface area contributed by atoms with E-state index in [4.69, 9.17) is 9.72 Å². The molecule has 0 N–H and O–H groups in total. The molecule has 9 rings (SSSR count). The fourth-order valence-electron chi connectivity index (χ4n) is 9.45. The van der Waals surface area contributed by atoms with Gasteiger partial charge >= 0.3 is 6.09 Å². The van der Waals surface area contributed by atoms with Crippen molar-refractivity contribution in [2.75, 3.05) is 19.3 Å². The minimum atomic E-state index is -0.607. The summed E-state index contributed by atoms with van der Waals surface area (Å²) in [7, 11) is 0. The second-order valence-corrected chi connectivity index (χ2v) is 16.4. The van der Waals surface area contributed by atoms with Crippen molar-refractivity contribution in [3.63, 3.8) is 0 Å². The molecule has 50 heavy (non-hydrogen) atoms. The average Bonchev–Trinajstić information content (AvgIpc) is 3.86. The number of pyridine rings is 1. The number of carbonyl (C=O) groups is 2. The molecule has 2 aromatic carbocycles. The molecule has 260 valence electrons. The highest BCUT2D eigenvalue weighted by Crippen LogP contribution is 2.54. The number of likely N-dealkylation sites (tertiary alicyclic amines) is 1.